The molecule has 0 saturated heterocycles. The van der Waals surface area contributed by atoms with Crippen molar-refractivity contribution >= 4 is 5.97 Å². The van der Waals surface area contributed by atoms with Crippen LogP contribution in [0.5, 0.6) is 0 Å². The third-order valence-corrected chi connectivity index (χ3v) is 3.51. The number of aryl methyl sites for hydroxylation is 2. The molecule has 5 nitrogen and oxygen atoms in total. The van der Waals surface area contributed by atoms with Crippen LogP contribution in [-0.2, 0) is 9.53 Å². The first-order valence-corrected chi connectivity index (χ1v) is 7.15. The zero-order valence-electron chi connectivity index (χ0n) is 12.9. The van der Waals surface area contributed by atoms with Gasteiger partial charge in [0, 0.05) is 26.1 Å². The Morgan fingerprint density at radius 3 is 2.67 bits per heavy atom. The molecule has 0 radical (unpaired) electrons. The summed E-state index contributed by atoms with van der Waals surface area (Å²) in [6.45, 7) is 5.04. The van der Waals surface area contributed by atoms with Gasteiger partial charge in [-0.3, -0.25) is 4.79 Å². The van der Waals surface area contributed by atoms with Crippen LogP contribution >= 0.6 is 0 Å². The van der Waals surface area contributed by atoms with E-state index in [4.69, 9.17) is 9.84 Å². The lowest BCUT2D eigenvalue weighted by Gasteiger charge is -2.25. The number of aliphatic hydroxyl groups excluding tert-OH is 1. The van der Waals surface area contributed by atoms with Crippen molar-refractivity contribution in [3.63, 3.8) is 0 Å². The van der Waals surface area contributed by atoms with Gasteiger partial charge in [-0.05, 0) is 31.4 Å². The number of benzene rings is 1. The lowest BCUT2D eigenvalue weighted by molar-refractivity contribution is -0.137. The molecule has 1 aromatic rings. The van der Waals surface area contributed by atoms with E-state index in [0.29, 0.717) is 19.6 Å². The molecule has 0 heterocycles. The number of carbonyl (C=O) groups is 1. The number of ether oxygens (including phenoxy) is 1. The van der Waals surface area contributed by atoms with Crippen LogP contribution in [0.25, 0.3) is 0 Å². The fourth-order valence-corrected chi connectivity index (χ4v) is 2.37. The topological polar surface area (TPSA) is 78.8 Å². The van der Waals surface area contributed by atoms with Gasteiger partial charge < -0.3 is 20.3 Å². The molecule has 0 spiro atoms. The van der Waals surface area contributed by atoms with Crippen molar-refractivity contribution in [1.29, 1.82) is 0 Å². The maximum Gasteiger partial charge on any atom is 0.303 e. The van der Waals surface area contributed by atoms with Crippen molar-refractivity contribution in [2.75, 3.05) is 20.3 Å². The molecule has 0 aromatic heterocycles. The van der Waals surface area contributed by atoms with Gasteiger partial charge in [0.1, 0.15) is 0 Å². The van der Waals surface area contributed by atoms with E-state index >= 15 is 0 Å². The molecule has 0 amide bonds. The van der Waals surface area contributed by atoms with E-state index in [9.17, 15) is 9.90 Å². The predicted molar refractivity (Wildman–Crippen MR) is 81.4 cm³/mol. The molecule has 118 valence electrons. The Morgan fingerprint density at radius 2 is 2.10 bits per heavy atom. The fourth-order valence-electron chi connectivity index (χ4n) is 2.37. The van der Waals surface area contributed by atoms with Gasteiger partial charge in [0.05, 0.1) is 12.7 Å². The molecule has 21 heavy (non-hydrogen) atoms. The van der Waals surface area contributed by atoms with Gasteiger partial charge >= 0.3 is 5.97 Å². The van der Waals surface area contributed by atoms with Crippen molar-refractivity contribution < 1.29 is 19.7 Å². The zero-order chi connectivity index (χ0) is 15.8. The highest BCUT2D eigenvalue weighted by Crippen LogP contribution is 2.24. The Hall–Kier alpha value is -1.43. The first kappa shape index (κ1) is 17.6. The summed E-state index contributed by atoms with van der Waals surface area (Å²) in [6, 6.07) is 5.57. The van der Waals surface area contributed by atoms with Crippen LogP contribution in [0.3, 0.4) is 0 Å². The minimum Gasteiger partial charge on any atom is -0.481 e. The Balaban J connectivity index is 2.80. The van der Waals surface area contributed by atoms with Gasteiger partial charge in [-0.1, -0.05) is 23.8 Å². The molecule has 1 aromatic carbocycles. The predicted octanol–water partition coefficient (Wildman–Crippen LogP) is 1.81. The highest BCUT2D eigenvalue weighted by Gasteiger charge is 2.22. The molecular weight excluding hydrogens is 270 g/mol. The molecule has 2 unspecified atom stereocenters. The molecule has 0 aliphatic carbocycles. The van der Waals surface area contributed by atoms with E-state index in [1.54, 1.807) is 7.11 Å². The van der Waals surface area contributed by atoms with Gasteiger partial charge in [-0.25, -0.2) is 0 Å². The van der Waals surface area contributed by atoms with Crippen LogP contribution in [0, 0.1) is 13.8 Å². The van der Waals surface area contributed by atoms with Crippen molar-refractivity contribution in [2.24, 2.45) is 0 Å². The van der Waals surface area contributed by atoms with Crippen LogP contribution in [0.2, 0.25) is 0 Å². The van der Waals surface area contributed by atoms with Crippen molar-refractivity contribution in [1.82, 2.24) is 5.32 Å². The number of methoxy groups -OCH3 is 1. The summed E-state index contributed by atoms with van der Waals surface area (Å²) in [6.07, 6.45) is -0.345. The second-order valence-electron chi connectivity index (χ2n) is 5.29. The van der Waals surface area contributed by atoms with Gasteiger partial charge in [-0.15, -0.1) is 0 Å². The largest absolute Gasteiger partial charge is 0.481 e. The second-order valence-corrected chi connectivity index (χ2v) is 5.29. The van der Waals surface area contributed by atoms with Gasteiger partial charge in [0.25, 0.3) is 0 Å². The molecule has 3 N–H and O–H groups in total. The summed E-state index contributed by atoms with van der Waals surface area (Å²) in [5.74, 6) is -0.860. The summed E-state index contributed by atoms with van der Waals surface area (Å²) in [4.78, 5) is 10.8. The second kappa shape index (κ2) is 8.77. The summed E-state index contributed by atoms with van der Waals surface area (Å²) >= 11 is 0. The normalized spacial score (nSPS) is 13.9. The monoisotopic (exact) mass is 295 g/mol. The SMILES string of the molecule is COCCNC(CCC(=O)O)C(O)c1ccc(C)cc1C. The van der Waals surface area contributed by atoms with Crippen LogP contribution in [0.4, 0.5) is 0 Å². The Kier molecular flexibility index (Phi) is 7.36. The van der Waals surface area contributed by atoms with Gasteiger partial charge in [0.2, 0.25) is 0 Å². The van der Waals surface area contributed by atoms with Crippen LogP contribution in [-0.4, -0.2) is 42.5 Å². The summed E-state index contributed by atoms with van der Waals surface area (Å²) < 4.78 is 4.98. The average Bonchev–Trinajstić information content (AvgIpc) is 2.41. The molecular formula is C16H25NO4. The molecule has 0 bridgehead atoms. The third-order valence-electron chi connectivity index (χ3n) is 3.51. The summed E-state index contributed by atoms with van der Waals surface area (Å²) in [5, 5.41) is 22.6. The Bertz CT molecular complexity index is 462. The van der Waals surface area contributed by atoms with Gasteiger partial charge in [0.15, 0.2) is 0 Å². The minimum atomic E-state index is -0.860. The lowest BCUT2D eigenvalue weighted by atomic mass is 9.94. The van der Waals surface area contributed by atoms with E-state index in [2.05, 4.69) is 5.32 Å². The van der Waals surface area contributed by atoms with Crippen LogP contribution in [0.1, 0.15) is 35.6 Å². The Labute approximate surface area is 125 Å². The van der Waals surface area contributed by atoms with E-state index in [1.807, 2.05) is 32.0 Å². The number of hydrogen-bond acceptors (Lipinski definition) is 4. The molecule has 0 aliphatic heterocycles. The summed E-state index contributed by atoms with van der Waals surface area (Å²) in [7, 11) is 1.61. The lowest BCUT2D eigenvalue weighted by Crippen LogP contribution is -2.37. The molecule has 0 aliphatic rings. The molecule has 5 heteroatoms. The molecule has 0 saturated carbocycles. The number of carboxylic acids is 1. The fraction of sp³-hybridized carbons (Fsp3) is 0.562. The first-order valence-electron chi connectivity index (χ1n) is 7.15. The maximum atomic E-state index is 10.8. The van der Waals surface area contributed by atoms with E-state index in [-0.39, 0.29) is 12.5 Å². The maximum absolute atomic E-state index is 10.8. The highest BCUT2D eigenvalue weighted by molar-refractivity contribution is 5.66. The highest BCUT2D eigenvalue weighted by atomic mass is 16.5. The smallest absolute Gasteiger partial charge is 0.303 e. The zero-order valence-corrected chi connectivity index (χ0v) is 12.9. The number of nitrogens with one attached hydrogen (secondary N) is 1. The molecule has 0 fully saturated rings. The van der Waals surface area contributed by atoms with Crippen LogP contribution < -0.4 is 5.32 Å². The minimum absolute atomic E-state index is 0.0205. The standard InChI is InChI=1S/C16H25NO4/c1-11-4-5-13(12(2)10-11)16(20)14(6-7-15(18)19)17-8-9-21-3/h4-5,10,14,16-17,20H,6-9H2,1-3H3,(H,18,19). The summed E-state index contributed by atoms with van der Waals surface area (Å²) in [5.41, 5.74) is 2.98. The van der Waals surface area contributed by atoms with E-state index < -0.39 is 12.1 Å². The number of hydrogen-bond donors (Lipinski definition) is 3. The number of aliphatic carboxylic acids is 1. The van der Waals surface area contributed by atoms with Crippen molar-refractivity contribution in [3.05, 3.63) is 34.9 Å². The number of aliphatic hydroxyl groups is 1. The van der Waals surface area contributed by atoms with Crippen molar-refractivity contribution in [2.45, 2.75) is 38.8 Å². The van der Waals surface area contributed by atoms with E-state index in [1.165, 1.54) is 0 Å². The Morgan fingerprint density at radius 1 is 1.38 bits per heavy atom. The van der Waals surface area contributed by atoms with Crippen molar-refractivity contribution in [3.8, 4) is 0 Å². The molecule has 1 rings (SSSR count). The molecule has 2 atom stereocenters. The average molecular weight is 295 g/mol. The first-order chi connectivity index (χ1) is 9.95. The van der Waals surface area contributed by atoms with Crippen LogP contribution in [0.15, 0.2) is 18.2 Å². The number of rotatable bonds is 9. The van der Waals surface area contributed by atoms with E-state index in [0.717, 1.165) is 16.7 Å². The number of carboxylic acid groups (broad SMARTS) is 1. The third kappa shape index (κ3) is 5.83. The van der Waals surface area contributed by atoms with Gasteiger partial charge in [-0.2, -0.15) is 0 Å². The quantitative estimate of drug-likeness (QED) is 0.606.